The van der Waals surface area contributed by atoms with Gasteiger partial charge in [-0.15, -0.1) is 5.10 Å². The fourth-order valence-corrected chi connectivity index (χ4v) is 4.76. The van der Waals surface area contributed by atoms with Gasteiger partial charge in [0, 0.05) is 13.1 Å². The van der Waals surface area contributed by atoms with Crippen molar-refractivity contribution in [2.75, 3.05) is 18.4 Å². The Balaban J connectivity index is 1.87. The van der Waals surface area contributed by atoms with Crippen molar-refractivity contribution in [3.05, 3.63) is 66.0 Å². The van der Waals surface area contributed by atoms with Crippen LogP contribution in [-0.2, 0) is 16.6 Å². The van der Waals surface area contributed by atoms with Gasteiger partial charge >= 0.3 is 0 Å². The highest BCUT2D eigenvalue weighted by atomic mass is 32.2. The Morgan fingerprint density at radius 2 is 1.82 bits per heavy atom. The average Bonchev–Trinajstić information content (AvgIpc) is 3.24. The number of aromatic nitrogens is 3. The standard InChI is InChI=1S/C23H29N5O4S/c1-5-28(6-2)33(30,31)19-12-13-22(32-17(3)4)20(14-19)24-23(29)21-16-27(26-25-21)15-18-10-8-7-9-11-18/h7-14,16-17H,5-6,15H2,1-4H3,(H,24,29). The molecule has 1 amide bonds. The summed E-state index contributed by atoms with van der Waals surface area (Å²) in [7, 11) is -3.71. The monoisotopic (exact) mass is 471 g/mol. The predicted octanol–water partition coefficient (Wildman–Crippen LogP) is 3.40. The van der Waals surface area contributed by atoms with Gasteiger partial charge in [-0.3, -0.25) is 4.79 Å². The molecule has 3 aromatic rings. The molecule has 176 valence electrons. The van der Waals surface area contributed by atoms with Crippen molar-refractivity contribution in [1.82, 2.24) is 19.3 Å². The highest BCUT2D eigenvalue weighted by Gasteiger charge is 2.24. The van der Waals surface area contributed by atoms with E-state index in [0.717, 1.165) is 5.56 Å². The topological polar surface area (TPSA) is 106 Å². The summed E-state index contributed by atoms with van der Waals surface area (Å²) in [6.45, 7) is 8.41. The molecular weight excluding hydrogens is 442 g/mol. The van der Waals surface area contributed by atoms with Crippen molar-refractivity contribution in [3.63, 3.8) is 0 Å². The van der Waals surface area contributed by atoms with Crippen LogP contribution in [-0.4, -0.2) is 52.8 Å². The van der Waals surface area contributed by atoms with Crippen molar-refractivity contribution < 1.29 is 17.9 Å². The summed E-state index contributed by atoms with van der Waals surface area (Å²) in [4.78, 5) is 13.0. The lowest BCUT2D eigenvalue weighted by molar-refractivity contribution is 0.102. The summed E-state index contributed by atoms with van der Waals surface area (Å²) >= 11 is 0. The molecule has 3 rings (SSSR count). The van der Waals surface area contributed by atoms with E-state index in [2.05, 4.69) is 15.6 Å². The zero-order valence-corrected chi connectivity index (χ0v) is 20.0. The van der Waals surface area contributed by atoms with Crippen LogP contribution in [0.2, 0.25) is 0 Å². The van der Waals surface area contributed by atoms with Crippen LogP contribution in [0.4, 0.5) is 5.69 Å². The second-order valence-electron chi connectivity index (χ2n) is 7.65. The normalized spacial score (nSPS) is 11.7. The van der Waals surface area contributed by atoms with E-state index in [4.69, 9.17) is 4.74 Å². The molecule has 0 aliphatic rings. The van der Waals surface area contributed by atoms with Gasteiger partial charge in [0.15, 0.2) is 5.69 Å². The quantitative estimate of drug-likeness (QED) is 0.486. The molecule has 9 nitrogen and oxygen atoms in total. The molecule has 1 aromatic heterocycles. The van der Waals surface area contributed by atoms with E-state index in [1.54, 1.807) is 30.8 Å². The largest absolute Gasteiger partial charge is 0.489 e. The number of carbonyl (C=O) groups excluding carboxylic acids is 1. The number of nitrogens with one attached hydrogen (secondary N) is 1. The lowest BCUT2D eigenvalue weighted by atomic mass is 10.2. The van der Waals surface area contributed by atoms with E-state index in [1.807, 2.05) is 44.2 Å². The van der Waals surface area contributed by atoms with E-state index >= 15 is 0 Å². The number of sulfonamides is 1. The first-order valence-electron chi connectivity index (χ1n) is 10.8. The molecule has 10 heteroatoms. The van der Waals surface area contributed by atoms with Crippen LogP contribution in [0.25, 0.3) is 0 Å². The van der Waals surface area contributed by atoms with Crippen LogP contribution in [0.1, 0.15) is 43.7 Å². The Bertz CT molecular complexity index is 1190. The van der Waals surface area contributed by atoms with Crippen LogP contribution in [0.5, 0.6) is 5.75 Å². The van der Waals surface area contributed by atoms with Gasteiger partial charge in [-0.05, 0) is 37.6 Å². The Morgan fingerprint density at radius 3 is 2.45 bits per heavy atom. The minimum Gasteiger partial charge on any atom is -0.489 e. The highest BCUT2D eigenvalue weighted by molar-refractivity contribution is 7.89. The Morgan fingerprint density at radius 1 is 1.12 bits per heavy atom. The molecule has 0 fully saturated rings. The molecule has 1 N–H and O–H groups in total. The van der Waals surface area contributed by atoms with Crippen LogP contribution in [0.15, 0.2) is 59.6 Å². The number of amides is 1. The smallest absolute Gasteiger partial charge is 0.277 e. The summed E-state index contributed by atoms with van der Waals surface area (Å²) in [6.07, 6.45) is 1.37. The number of benzene rings is 2. The third-order valence-electron chi connectivity index (χ3n) is 4.86. The Hall–Kier alpha value is -3.24. The maximum absolute atomic E-state index is 13.0. The molecule has 1 heterocycles. The Kier molecular flexibility index (Phi) is 7.83. The van der Waals surface area contributed by atoms with Crippen LogP contribution in [0.3, 0.4) is 0 Å². The Labute approximate surface area is 194 Å². The predicted molar refractivity (Wildman–Crippen MR) is 126 cm³/mol. The van der Waals surface area contributed by atoms with Crippen molar-refractivity contribution in [2.45, 2.75) is 45.2 Å². The number of hydrogen-bond donors (Lipinski definition) is 1. The molecule has 0 spiro atoms. The van der Waals surface area contributed by atoms with E-state index < -0.39 is 15.9 Å². The number of rotatable bonds is 10. The highest BCUT2D eigenvalue weighted by Crippen LogP contribution is 2.30. The maximum atomic E-state index is 13.0. The van der Waals surface area contributed by atoms with Crippen molar-refractivity contribution in [2.24, 2.45) is 0 Å². The summed E-state index contributed by atoms with van der Waals surface area (Å²) in [6, 6.07) is 14.1. The zero-order chi connectivity index (χ0) is 24.0. The maximum Gasteiger partial charge on any atom is 0.277 e. The molecular formula is C23H29N5O4S. The summed E-state index contributed by atoms with van der Waals surface area (Å²) in [5.74, 6) is -0.145. The van der Waals surface area contributed by atoms with Crippen LogP contribution in [0, 0.1) is 0 Å². The minimum absolute atomic E-state index is 0.0744. The number of anilines is 1. The number of hydrogen-bond acceptors (Lipinski definition) is 6. The van der Waals surface area contributed by atoms with Gasteiger partial charge in [-0.2, -0.15) is 4.31 Å². The molecule has 0 radical (unpaired) electrons. The molecule has 33 heavy (non-hydrogen) atoms. The average molecular weight is 472 g/mol. The second-order valence-corrected chi connectivity index (χ2v) is 9.59. The SMILES string of the molecule is CCN(CC)S(=O)(=O)c1ccc(OC(C)C)c(NC(=O)c2cn(Cc3ccccc3)nn2)c1. The molecule has 0 aliphatic carbocycles. The van der Waals surface area contributed by atoms with Crippen molar-refractivity contribution in [3.8, 4) is 5.75 Å². The lowest BCUT2D eigenvalue weighted by Crippen LogP contribution is -2.30. The lowest BCUT2D eigenvalue weighted by Gasteiger charge is -2.20. The summed E-state index contributed by atoms with van der Waals surface area (Å²) in [5.41, 5.74) is 1.38. The minimum atomic E-state index is -3.71. The van der Waals surface area contributed by atoms with E-state index in [1.165, 1.54) is 16.4 Å². The van der Waals surface area contributed by atoms with Gasteiger partial charge in [-0.1, -0.05) is 49.4 Å². The van der Waals surface area contributed by atoms with Gasteiger partial charge in [0.05, 0.1) is 29.4 Å². The molecule has 0 atom stereocenters. The summed E-state index contributed by atoms with van der Waals surface area (Å²) < 4.78 is 34.6. The molecule has 0 saturated carbocycles. The number of carbonyl (C=O) groups is 1. The first-order chi connectivity index (χ1) is 15.7. The molecule has 2 aromatic carbocycles. The first kappa shape index (κ1) is 24.4. The van der Waals surface area contributed by atoms with Gasteiger partial charge in [0.2, 0.25) is 10.0 Å². The number of nitrogens with zero attached hydrogens (tertiary/aromatic N) is 4. The molecule has 0 bridgehead atoms. The van der Waals surface area contributed by atoms with Crippen molar-refractivity contribution >= 4 is 21.6 Å². The third-order valence-corrected chi connectivity index (χ3v) is 6.91. The van der Waals surface area contributed by atoms with E-state index in [-0.39, 0.29) is 22.4 Å². The van der Waals surface area contributed by atoms with E-state index in [0.29, 0.717) is 25.4 Å². The first-order valence-corrected chi connectivity index (χ1v) is 12.2. The van der Waals surface area contributed by atoms with Gasteiger partial charge in [0.25, 0.3) is 5.91 Å². The molecule has 0 unspecified atom stereocenters. The van der Waals surface area contributed by atoms with Crippen LogP contribution >= 0.6 is 0 Å². The van der Waals surface area contributed by atoms with Gasteiger partial charge in [-0.25, -0.2) is 13.1 Å². The fraction of sp³-hybridized carbons (Fsp3) is 0.348. The molecule has 0 saturated heterocycles. The molecule has 0 aliphatic heterocycles. The zero-order valence-electron chi connectivity index (χ0n) is 19.2. The third kappa shape index (κ3) is 5.96. The van der Waals surface area contributed by atoms with Gasteiger partial charge in [0.1, 0.15) is 5.75 Å². The second kappa shape index (κ2) is 10.6. The van der Waals surface area contributed by atoms with Gasteiger partial charge < -0.3 is 10.1 Å². The van der Waals surface area contributed by atoms with E-state index in [9.17, 15) is 13.2 Å². The number of ether oxygens (including phenoxy) is 1. The fourth-order valence-electron chi connectivity index (χ4n) is 3.27. The van der Waals surface area contributed by atoms with Crippen LogP contribution < -0.4 is 10.1 Å². The van der Waals surface area contributed by atoms with Crippen molar-refractivity contribution in [1.29, 1.82) is 0 Å². The summed E-state index contributed by atoms with van der Waals surface area (Å²) in [5, 5.41) is 10.7.